The lowest BCUT2D eigenvalue weighted by Gasteiger charge is -2.42. The highest BCUT2D eigenvalue weighted by molar-refractivity contribution is 8.00. The van der Waals surface area contributed by atoms with Crippen molar-refractivity contribution in [1.82, 2.24) is 42.2 Å². The Morgan fingerprint density at radius 2 is 1.08 bits per heavy atom. The Bertz CT molecular complexity index is 2050. The fourth-order valence-corrected chi connectivity index (χ4v) is 9.94. The molecule has 344 valence electrons. The molecule has 2 aliphatic rings. The first-order valence-corrected chi connectivity index (χ1v) is 23.7. The first kappa shape index (κ1) is 49.1. The van der Waals surface area contributed by atoms with Crippen LogP contribution in [0.2, 0.25) is 0 Å². The minimum absolute atomic E-state index is 0.0381. The summed E-state index contributed by atoms with van der Waals surface area (Å²) in [4.78, 5) is 89.7. The average Bonchev–Trinajstić information content (AvgIpc) is 3.64. The SMILES string of the molecule is CC(C)C[C@H]1NC(=O)[C@H](Cc2c[nH]c3ccccc23)NC(=O)[C@@H](C(C)C)NC(=O)[C@H]2NC(CSC2Cc2ccccc2)[C@H](C(C)C)NC(=O)[C@@H](C(C)C)NC(=O)[C@H](C(C)C)NC1=O. The van der Waals surface area contributed by atoms with E-state index in [4.69, 9.17) is 0 Å². The van der Waals surface area contributed by atoms with E-state index in [9.17, 15) is 28.8 Å². The molecule has 6 amide bonds. The molecule has 5 rings (SSSR count). The zero-order chi connectivity index (χ0) is 46.1. The molecule has 0 saturated carbocycles. The van der Waals surface area contributed by atoms with Crippen LogP contribution in [0.4, 0.5) is 0 Å². The van der Waals surface area contributed by atoms with E-state index < -0.39 is 65.9 Å². The van der Waals surface area contributed by atoms with Crippen LogP contribution in [0.1, 0.15) is 86.8 Å². The standard InChI is InChI=1S/C48H70N8O6S/c1-25(2)20-34-44(58)54-40(28(7)8)47(61)55-41(29(9)10)46(60)53-38(26(3)4)36-24-63-37(21-30-16-12-11-13-17-30)42(50-36)48(62)56-39(27(5)6)45(59)52-35(43(57)51-34)22-31-23-49-33-19-15-14-18-32(31)33/h11-19,23,25-29,34-42,49-50H,20-22,24H2,1-10H3,(H,51,57)(H,52,59)(H,53,60)(H,54,58)(H,55,61)(H,56,62)/t34-,35+,36?,37?,38+,39-,40+,41-,42+/m1/s1. The van der Waals surface area contributed by atoms with Crippen molar-refractivity contribution in [3.63, 3.8) is 0 Å². The summed E-state index contributed by atoms with van der Waals surface area (Å²) in [6.07, 6.45) is 2.72. The molecule has 3 aromatic rings. The van der Waals surface area contributed by atoms with Crippen molar-refractivity contribution in [3.8, 4) is 0 Å². The average molecular weight is 887 g/mol. The zero-order valence-corrected chi connectivity index (χ0v) is 39.4. The fraction of sp³-hybridized carbons (Fsp3) is 0.583. The smallest absolute Gasteiger partial charge is 0.243 e. The lowest BCUT2D eigenvalue weighted by molar-refractivity contribution is -0.136. The number of hydrogen-bond donors (Lipinski definition) is 8. The predicted molar refractivity (Wildman–Crippen MR) is 249 cm³/mol. The Labute approximate surface area is 377 Å². The Hall–Kier alpha value is -4.89. The molecule has 2 aliphatic heterocycles. The second kappa shape index (κ2) is 22.1. The maximum Gasteiger partial charge on any atom is 0.243 e. The van der Waals surface area contributed by atoms with Crippen LogP contribution in [-0.4, -0.2) is 99.8 Å². The van der Waals surface area contributed by atoms with E-state index in [2.05, 4.69) is 42.2 Å². The molecule has 2 unspecified atom stereocenters. The summed E-state index contributed by atoms with van der Waals surface area (Å²) in [5.74, 6) is -3.55. The molecule has 1 aromatic heterocycles. The molecular weight excluding hydrogens is 817 g/mol. The van der Waals surface area contributed by atoms with Crippen LogP contribution < -0.4 is 37.2 Å². The number of amides is 6. The van der Waals surface area contributed by atoms with Gasteiger partial charge in [0.05, 0.1) is 6.04 Å². The topological polar surface area (TPSA) is 202 Å². The van der Waals surface area contributed by atoms with Gasteiger partial charge in [-0.05, 0) is 59.6 Å². The Kier molecular flexibility index (Phi) is 17.3. The second-order valence-electron chi connectivity index (χ2n) is 19.1. The van der Waals surface area contributed by atoms with Crippen molar-refractivity contribution in [2.75, 3.05) is 5.75 Å². The Morgan fingerprint density at radius 3 is 1.68 bits per heavy atom. The van der Waals surface area contributed by atoms with Gasteiger partial charge in [0.25, 0.3) is 0 Å². The van der Waals surface area contributed by atoms with Crippen molar-refractivity contribution in [1.29, 1.82) is 0 Å². The summed E-state index contributed by atoms with van der Waals surface area (Å²) < 4.78 is 0. The lowest BCUT2D eigenvalue weighted by Crippen LogP contribution is -2.67. The van der Waals surface area contributed by atoms with E-state index in [-0.39, 0.29) is 65.5 Å². The van der Waals surface area contributed by atoms with E-state index >= 15 is 0 Å². The number of fused-ring (bicyclic) bond motifs is 3. The fourth-order valence-electron chi connectivity index (χ4n) is 8.48. The quantitative estimate of drug-likeness (QED) is 0.149. The van der Waals surface area contributed by atoms with Crippen molar-refractivity contribution in [2.24, 2.45) is 29.6 Å². The van der Waals surface area contributed by atoms with Gasteiger partial charge in [0, 0.05) is 46.6 Å². The van der Waals surface area contributed by atoms with Gasteiger partial charge < -0.3 is 36.9 Å². The van der Waals surface area contributed by atoms with Crippen LogP contribution in [0, 0.1) is 29.6 Å². The maximum absolute atomic E-state index is 14.7. The Morgan fingerprint density at radius 1 is 0.556 bits per heavy atom. The monoisotopic (exact) mass is 887 g/mol. The van der Waals surface area contributed by atoms with Gasteiger partial charge in [0.2, 0.25) is 35.4 Å². The summed E-state index contributed by atoms with van der Waals surface area (Å²) >= 11 is 1.65. The summed E-state index contributed by atoms with van der Waals surface area (Å²) in [6, 6.07) is 10.8. The largest absolute Gasteiger partial charge is 0.361 e. The first-order chi connectivity index (χ1) is 29.8. The third-order valence-electron chi connectivity index (χ3n) is 12.1. The van der Waals surface area contributed by atoms with Crippen LogP contribution in [-0.2, 0) is 41.6 Å². The first-order valence-electron chi connectivity index (χ1n) is 22.6. The lowest BCUT2D eigenvalue weighted by atomic mass is 9.93. The number of para-hydroxylation sites is 1. The van der Waals surface area contributed by atoms with Crippen LogP contribution in [0.5, 0.6) is 0 Å². The van der Waals surface area contributed by atoms with Crippen molar-refractivity contribution >= 4 is 58.1 Å². The van der Waals surface area contributed by atoms with Gasteiger partial charge in [-0.1, -0.05) is 118 Å². The highest BCUT2D eigenvalue weighted by Gasteiger charge is 2.42. The zero-order valence-electron chi connectivity index (χ0n) is 38.5. The van der Waals surface area contributed by atoms with Crippen molar-refractivity contribution in [3.05, 3.63) is 71.9 Å². The van der Waals surface area contributed by atoms with Gasteiger partial charge in [-0.3, -0.25) is 34.1 Å². The number of benzene rings is 2. The molecule has 2 saturated heterocycles. The van der Waals surface area contributed by atoms with Gasteiger partial charge in [-0.25, -0.2) is 0 Å². The molecule has 0 aliphatic carbocycles. The number of rotatable bonds is 10. The predicted octanol–water partition coefficient (Wildman–Crippen LogP) is 3.99. The molecule has 9 atom stereocenters. The van der Waals surface area contributed by atoms with E-state index in [0.717, 1.165) is 22.0 Å². The summed E-state index contributed by atoms with van der Waals surface area (Å²) in [5, 5.41) is 22.3. The molecule has 63 heavy (non-hydrogen) atoms. The number of aromatic amines is 1. The van der Waals surface area contributed by atoms with E-state index in [0.29, 0.717) is 12.2 Å². The number of aromatic nitrogens is 1. The summed E-state index contributed by atoms with van der Waals surface area (Å²) in [7, 11) is 0. The van der Waals surface area contributed by atoms with Crippen LogP contribution in [0.3, 0.4) is 0 Å². The van der Waals surface area contributed by atoms with E-state index in [1.807, 2.05) is 124 Å². The molecule has 3 heterocycles. The normalized spacial score (nSPS) is 27.4. The highest BCUT2D eigenvalue weighted by Crippen LogP contribution is 2.29. The number of H-pyrrole nitrogens is 1. The highest BCUT2D eigenvalue weighted by atomic mass is 32.2. The van der Waals surface area contributed by atoms with Crippen LogP contribution >= 0.6 is 11.8 Å². The number of hydrogen-bond acceptors (Lipinski definition) is 8. The molecule has 2 aromatic carbocycles. The van der Waals surface area contributed by atoms with Gasteiger partial charge in [0.15, 0.2) is 0 Å². The van der Waals surface area contributed by atoms with Gasteiger partial charge in [-0.15, -0.1) is 0 Å². The molecule has 15 heteroatoms. The number of nitrogens with one attached hydrogen (secondary N) is 8. The third-order valence-corrected chi connectivity index (χ3v) is 13.5. The van der Waals surface area contributed by atoms with Gasteiger partial charge in [-0.2, -0.15) is 11.8 Å². The third kappa shape index (κ3) is 12.9. The number of thioether (sulfide) groups is 1. The Balaban J connectivity index is 1.58. The molecular formula is C48H70N8O6S. The van der Waals surface area contributed by atoms with Crippen molar-refractivity contribution < 1.29 is 28.8 Å². The van der Waals surface area contributed by atoms with E-state index in [1.54, 1.807) is 18.0 Å². The summed E-state index contributed by atoms with van der Waals surface area (Å²) in [5.41, 5.74) is 2.70. The minimum Gasteiger partial charge on any atom is -0.361 e. The molecule has 14 nitrogen and oxygen atoms in total. The molecule has 8 N–H and O–H groups in total. The number of carbonyl (C=O) groups is 6. The van der Waals surface area contributed by atoms with Crippen LogP contribution in [0.15, 0.2) is 60.8 Å². The second-order valence-corrected chi connectivity index (χ2v) is 20.4. The number of carbonyl (C=O) groups excluding carboxylic acids is 6. The minimum atomic E-state index is -1.15. The van der Waals surface area contributed by atoms with E-state index in [1.165, 1.54) is 0 Å². The molecule has 2 fully saturated rings. The van der Waals surface area contributed by atoms with Crippen molar-refractivity contribution in [2.45, 2.75) is 142 Å². The van der Waals surface area contributed by atoms with Gasteiger partial charge >= 0.3 is 0 Å². The maximum atomic E-state index is 14.7. The molecule has 2 bridgehead atoms. The van der Waals surface area contributed by atoms with Gasteiger partial charge in [0.1, 0.15) is 30.2 Å². The molecule has 0 spiro atoms. The molecule has 0 radical (unpaired) electrons. The van der Waals surface area contributed by atoms with Crippen LogP contribution in [0.25, 0.3) is 10.9 Å². The summed E-state index contributed by atoms with van der Waals surface area (Å²) in [6.45, 7) is 18.9.